The number of sulfone groups is 1. The van der Waals surface area contributed by atoms with Crippen LogP contribution in [0.15, 0.2) is 54.6 Å². The predicted molar refractivity (Wildman–Crippen MR) is 121 cm³/mol. The molecule has 0 aromatic heterocycles. The van der Waals surface area contributed by atoms with E-state index in [0.717, 1.165) is 24.3 Å². The van der Waals surface area contributed by atoms with Crippen LogP contribution in [-0.2, 0) is 21.2 Å². The molecule has 4 rings (SSSR count). The molecule has 2 aliphatic rings. The van der Waals surface area contributed by atoms with Gasteiger partial charge in [-0.1, -0.05) is 42.5 Å². The molecule has 0 spiro atoms. The molecule has 2 aromatic carbocycles. The van der Waals surface area contributed by atoms with Crippen molar-refractivity contribution in [1.29, 1.82) is 0 Å². The Hall–Kier alpha value is -2.58. The highest BCUT2D eigenvalue weighted by Gasteiger charge is 2.35. The number of phenolic OH excluding ortho intramolecular Hbond substituents is 1. The summed E-state index contributed by atoms with van der Waals surface area (Å²) in [6, 6.07) is 16.8. The smallest absolute Gasteiger partial charge is 0.237 e. The molecule has 1 atom stereocenters. The molecule has 0 aliphatic carbocycles. The minimum Gasteiger partial charge on any atom is -0.506 e. The van der Waals surface area contributed by atoms with E-state index < -0.39 is 9.84 Å². The van der Waals surface area contributed by atoms with Crippen LogP contribution in [0.2, 0.25) is 0 Å². The second-order valence-corrected chi connectivity index (χ2v) is 10.5. The number of phenols is 1. The summed E-state index contributed by atoms with van der Waals surface area (Å²) in [4.78, 5) is 19.3. The van der Waals surface area contributed by atoms with E-state index in [0.29, 0.717) is 26.1 Å². The van der Waals surface area contributed by atoms with E-state index >= 15 is 0 Å². The first kappa shape index (κ1) is 21.6. The Morgan fingerprint density at radius 1 is 1.00 bits per heavy atom. The number of amides is 1. The van der Waals surface area contributed by atoms with Crippen molar-refractivity contribution in [2.45, 2.75) is 19.0 Å². The first-order valence-corrected chi connectivity index (χ1v) is 12.5. The first-order chi connectivity index (χ1) is 14.9. The second-order valence-electron chi connectivity index (χ2n) is 8.32. The number of rotatable bonds is 6. The second kappa shape index (κ2) is 9.28. The summed E-state index contributed by atoms with van der Waals surface area (Å²) < 4.78 is 24.1. The van der Waals surface area contributed by atoms with Crippen LogP contribution in [0, 0.1) is 0 Å². The van der Waals surface area contributed by atoms with Gasteiger partial charge >= 0.3 is 0 Å². The highest BCUT2D eigenvalue weighted by atomic mass is 32.2. The van der Waals surface area contributed by atoms with Crippen LogP contribution in [0.3, 0.4) is 0 Å². The zero-order valence-electron chi connectivity index (χ0n) is 17.6. The van der Waals surface area contributed by atoms with E-state index in [1.54, 1.807) is 17.0 Å². The number of piperazine rings is 1. The number of hydrogen-bond donors (Lipinski definition) is 1. The van der Waals surface area contributed by atoms with Gasteiger partial charge in [0.2, 0.25) is 5.91 Å². The van der Waals surface area contributed by atoms with Crippen molar-refractivity contribution in [2.75, 3.05) is 49.1 Å². The normalized spacial score (nSPS) is 21.2. The molecule has 2 aliphatic heterocycles. The molecule has 1 N–H and O–H groups in total. The monoisotopic (exact) mass is 443 g/mol. The maximum absolute atomic E-state index is 13.3. The van der Waals surface area contributed by atoms with Gasteiger partial charge in [-0.15, -0.1) is 0 Å². The Kier molecular flexibility index (Phi) is 6.48. The Bertz CT molecular complexity index is 1000. The van der Waals surface area contributed by atoms with Gasteiger partial charge in [0, 0.05) is 38.8 Å². The van der Waals surface area contributed by atoms with Gasteiger partial charge in [-0.05, 0) is 24.1 Å². The molecule has 0 saturated carbocycles. The number of carbonyl (C=O) groups is 1. The number of carbonyl (C=O) groups excluding carboxylic acids is 1. The third-order valence-corrected chi connectivity index (χ3v) is 7.87. The number of hydrogen-bond acceptors (Lipinski definition) is 6. The SMILES string of the molecule is O=C(CN1CCN(c2ccccc2O)CC1)N(Cc1ccccc1)[C@H]1CCS(=O)(=O)C1. The Labute approximate surface area is 183 Å². The molecular weight excluding hydrogens is 414 g/mol. The first-order valence-electron chi connectivity index (χ1n) is 10.7. The van der Waals surface area contributed by atoms with E-state index in [-0.39, 0.29) is 35.7 Å². The molecule has 166 valence electrons. The molecule has 0 radical (unpaired) electrons. The van der Waals surface area contributed by atoms with Crippen molar-refractivity contribution in [1.82, 2.24) is 9.80 Å². The van der Waals surface area contributed by atoms with Gasteiger partial charge in [0.25, 0.3) is 0 Å². The van der Waals surface area contributed by atoms with Crippen LogP contribution in [-0.4, -0.2) is 79.5 Å². The minimum absolute atomic E-state index is 0.0260. The molecule has 1 amide bonds. The van der Waals surface area contributed by atoms with E-state index in [9.17, 15) is 18.3 Å². The summed E-state index contributed by atoms with van der Waals surface area (Å²) >= 11 is 0. The number of benzene rings is 2. The number of para-hydroxylation sites is 2. The maximum atomic E-state index is 13.3. The van der Waals surface area contributed by atoms with Crippen molar-refractivity contribution in [3.8, 4) is 5.75 Å². The van der Waals surface area contributed by atoms with Gasteiger partial charge in [-0.2, -0.15) is 0 Å². The fraction of sp³-hybridized carbons (Fsp3) is 0.435. The lowest BCUT2D eigenvalue weighted by Crippen LogP contribution is -2.51. The number of nitrogens with zero attached hydrogens (tertiary/aromatic N) is 3. The third kappa shape index (κ3) is 5.37. The van der Waals surface area contributed by atoms with Gasteiger partial charge in [0.15, 0.2) is 9.84 Å². The van der Waals surface area contributed by atoms with E-state index in [4.69, 9.17) is 0 Å². The largest absolute Gasteiger partial charge is 0.506 e. The van der Waals surface area contributed by atoms with Gasteiger partial charge in [0.05, 0.1) is 23.7 Å². The summed E-state index contributed by atoms with van der Waals surface area (Å²) in [5, 5.41) is 10.1. The molecule has 8 heteroatoms. The van der Waals surface area contributed by atoms with Crippen LogP contribution in [0.5, 0.6) is 5.75 Å². The Morgan fingerprint density at radius 2 is 1.68 bits per heavy atom. The predicted octanol–water partition coefficient (Wildman–Crippen LogP) is 1.73. The zero-order chi connectivity index (χ0) is 21.8. The van der Waals surface area contributed by atoms with Gasteiger partial charge < -0.3 is 14.9 Å². The fourth-order valence-corrected chi connectivity index (χ4v) is 6.11. The summed E-state index contributed by atoms with van der Waals surface area (Å²) in [7, 11) is -3.08. The van der Waals surface area contributed by atoms with Crippen molar-refractivity contribution in [3.63, 3.8) is 0 Å². The van der Waals surface area contributed by atoms with E-state index in [1.165, 1.54) is 0 Å². The Balaban J connectivity index is 1.40. The van der Waals surface area contributed by atoms with Gasteiger partial charge in [-0.25, -0.2) is 8.42 Å². The highest BCUT2D eigenvalue weighted by Crippen LogP contribution is 2.27. The van der Waals surface area contributed by atoms with Crippen LogP contribution in [0.4, 0.5) is 5.69 Å². The summed E-state index contributed by atoms with van der Waals surface area (Å²) in [6.07, 6.45) is 0.502. The van der Waals surface area contributed by atoms with Crippen molar-refractivity contribution >= 4 is 21.4 Å². The summed E-state index contributed by atoms with van der Waals surface area (Å²) in [5.74, 6) is 0.438. The third-order valence-electron chi connectivity index (χ3n) is 6.12. The van der Waals surface area contributed by atoms with Crippen molar-refractivity contribution in [3.05, 3.63) is 60.2 Å². The average molecular weight is 444 g/mol. The maximum Gasteiger partial charge on any atom is 0.237 e. The lowest BCUT2D eigenvalue weighted by molar-refractivity contribution is -0.135. The van der Waals surface area contributed by atoms with Crippen LogP contribution in [0.25, 0.3) is 0 Å². The topological polar surface area (TPSA) is 81.2 Å². The molecule has 2 aromatic rings. The molecule has 2 fully saturated rings. The lowest BCUT2D eigenvalue weighted by Gasteiger charge is -2.37. The molecule has 2 saturated heterocycles. The molecule has 2 heterocycles. The summed E-state index contributed by atoms with van der Waals surface area (Å²) in [6.45, 7) is 3.57. The van der Waals surface area contributed by atoms with Gasteiger partial charge in [0.1, 0.15) is 5.75 Å². The zero-order valence-corrected chi connectivity index (χ0v) is 18.4. The van der Waals surface area contributed by atoms with Gasteiger partial charge in [-0.3, -0.25) is 9.69 Å². The lowest BCUT2D eigenvalue weighted by atomic mass is 10.1. The highest BCUT2D eigenvalue weighted by molar-refractivity contribution is 7.91. The van der Waals surface area contributed by atoms with Crippen molar-refractivity contribution in [2.24, 2.45) is 0 Å². The van der Waals surface area contributed by atoms with Crippen LogP contribution < -0.4 is 4.90 Å². The Morgan fingerprint density at radius 3 is 2.32 bits per heavy atom. The molecular formula is C23H29N3O4S. The molecule has 31 heavy (non-hydrogen) atoms. The minimum atomic E-state index is -3.08. The van der Waals surface area contributed by atoms with E-state index in [1.807, 2.05) is 42.5 Å². The molecule has 0 unspecified atom stereocenters. The van der Waals surface area contributed by atoms with Crippen LogP contribution in [0.1, 0.15) is 12.0 Å². The average Bonchev–Trinajstić information content (AvgIpc) is 3.13. The quantitative estimate of drug-likeness (QED) is 0.732. The van der Waals surface area contributed by atoms with Crippen LogP contribution >= 0.6 is 0 Å². The summed E-state index contributed by atoms with van der Waals surface area (Å²) in [5.41, 5.74) is 1.82. The number of anilines is 1. The molecule has 0 bridgehead atoms. The standard InChI is InChI=1S/C23H29N3O4S/c27-22-9-5-4-8-21(22)25-13-11-24(12-14-25)17-23(28)26(16-19-6-2-1-3-7-19)20-10-15-31(29,30)18-20/h1-9,20,27H,10-18H2/t20-/m0/s1. The molecule has 7 nitrogen and oxygen atoms in total. The number of aromatic hydroxyl groups is 1. The van der Waals surface area contributed by atoms with Crippen molar-refractivity contribution < 1.29 is 18.3 Å². The fourth-order valence-electron chi connectivity index (χ4n) is 4.38. The van der Waals surface area contributed by atoms with E-state index in [2.05, 4.69) is 9.80 Å².